The topological polar surface area (TPSA) is 98.2 Å². The molecule has 4 aromatic rings. The molecule has 0 spiro atoms. The molecule has 2 aromatic heterocycles. The fourth-order valence-corrected chi connectivity index (χ4v) is 3.66. The Morgan fingerprint density at radius 1 is 1.16 bits per heavy atom. The Balaban J connectivity index is 0.000000207. The van der Waals surface area contributed by atoms with Crippen LogP contribution in [-0.2, 0) is 6.42 Å². The fourth-order valence-electron chi connectivity index (χ4n) is 3.48. The summed E-state index contributed by atoms with van der Waals surface area (Å²) in [5.74, 6) is 0.692. The Morgan fingerprint density at radius 2 is 1.88 bits per heavy atom. The van der Waals surface area contributed by atoms with E-state index >= 15 is 0 Å². The molecule has 0 fully saturated rings. The second-order valence-corrected chi connectivity index (χ2v) is 7.33. The lowest BCUT2D eigenvalue weighted by molar-refractivity contribution is 0.888. The van der Waals surface area contributed by atoms with E-state index in [1.165, 1.54) is 0 Å². The number of nitrogen functional groups attached to an aromatic ring is 1. The molecule has 0 aliphatic rings. The number of nitrogens with zero attached hydrogens (tertiary/aromatic N) is 4. The first-order valence-electron chi connectivity index (χ1n) is 10.1. The van der Waals surface area contributed by atoms with E-state index in [0.717, 1.165) is 34.1 Å². The average Bonchev–Trinajstić information content (AvgIpc) is 2.79. The number of nitrogens with two attached hydrogens (primary N) is 1. The van der Waals surface area contributed by atoms with Crippen LogP contribution in [-0.4, -0.2) is 28.3 Å². The maximum Gasteiger partial charge on any atom is 0.263 e. The molecule has 0 atom stereocenters. The van der Waals surface area contributed by atoms with Gasteiger partial charge in [0, 0.05) is 18.4 Å². The molecule has 0 radical (unpaired) electrons. The molecule has 8 heteroatoms. The first kappa shape index (κ1) is 23.0. The van der Waals surface area contributed by atoms with E-state index in [1.807, 2.05) is 60.0 Å². The van der Waals surface area contributed by atoms with Gasteiger partial charge in [0.05, 0.1) is 5.39 Å². The van der Waals surface area contributed by atoms with Crippen molar-refractivity contribution in [2.75, 3.05) is 18.1 Å². The van der Waals surface area contributed by atoms with Gasteiger partial charge in [0.2, 0.25) is 5.28 Å². The summed E-state index contributed by atoms with van der Waals surface area (Å²) in [5.41, 5.74) is 8.99. The minimum atomic E-state index is 0.0728. The van der Waals surface area contributed by atoms with Gasteiger partial charge in [0.1, 0.15) is 5.69 Å². The summed E-state index contributed by atoms with van der Waals surface area (Å²) >= 11 is 5.55. The SMILES string of the molecule is C=Nc1c(N)nc(Cl)nc1NC.CCc1cc2cccc(C)c2c(=O)n1-c1ccccc1. The Kier molecular flexibility index (Phi) is 7.22. The van der Waals surface area contributed by atoms with Crippen molar-refractivity contribution < 1.29 is 0 Å². The van der Waals surface area contributed by atoms with Crippen LogP contribution >= 0.6 is 11.6 Å². The number of pyridine rings is 1. The summed E-state index contributed by atoms with van der Waals surface area (Å²) < 4.78 is 1.83. The quantitative estimate of drug-likeness (QED) is 0.340. The zero-order chi connectivity index (χ0) is 23.3. The zero-order valence-corrected chi connectivity index (χ0v) is 19.0. The van der Waals surface area contributed by atoms with Gasteiger partial charge in [-0.25, -0.2) is 0 Å². The van der Waals surface area contributed by atoms with Crippen LogP contribution in [0.4, 0.5) is 17.3 Å². The molecule has 0 saturated carbocycles. The maximum atomic E-state index is 12.9. The van der Waals surface area contributed by atoms with Crippen LogP contribution in [0, 0.1) is 6.92 Å². The molecule has 4 rings (SSSR count). The normalized spacial score (nSPS) is 10.4. The van der Waals surface area contributed by atoms with E-state index in [1.54, 1.807) is 7.05 Å². The number of hydrogen-bond acceptors (Lipinski definition) is 6. The van der Waals surface area contributed by atoms with Gasteiger partial charge in [-0.3, -0.25) is 14.4 Å². The predicted octanol–water partition coefficient (Wildman–Crippen LogP) is 4.95. The van der Waals surface area contributed by atoms with Gasteiger partial charge in [0.15, 0.2) is 11.6 Å². The van der Waals surface area contributed by atoms with Gasteiger partial charge in [-0.2, -0.15) is 9.97 Å². The van der Waals surface area contributed by atoms with Crippen molar-refractivity contribution in [1.29, 1.82) is 0 Å². The van der Waals surface area contributed by atoms with Crippen LogP contribution in [0.1, 0.15) is 18.2 Å². The average molecular weight is 449 g/mol. The Morgan fingerprint density at radius 3 is 2.50 bits per heavy atom. The number of aryl methyl sites for hydroxylation is 2. The number of rotatable bonds is 4. The highest BCUT2D eigenvalue weighted by Crippen LogP contribution is 2.28. The first-order chi connectivity index (χ1) is 15.4. The highest BCUT2D eigenvalue weighted by Gasteiger charge is 2.11. The molecule has 32 heavy (non-hydrogen) atoms. The van der Waals surface area contributed by atoms with E-state index in [-0.39, 0.29) is 16.7 Å². The van der Waals surface area contributed by atoms with Crippen molar-refractivity contribution in [3.05, 3.63) is 81.5 Å². The van der Waals surface area contributed by atoms with Gasteiger partial charge < -0.3 is 11.1 Å². The van der Waals surface area contributed by atoms with Gasteiger partial charge in [-0.15, -0.1) is 0 Å². The molecule has 0 amide bonds. The lowest BCUT2D eigenvalue weighted by Crippen LogP contribution is -2.22. The number of anilines is 2. The van der Waals surface area contributed by atoms with Crippen LogP contribution in [0.3, 0.4) is 0 Å². The van der Waals surface area contributed by atoms with E-state index < -0.39 is 0 Å². The Labute approximate surface area is 191 Å². The molecule has 0 bridgehead atoms. The maximum absolute atomic E-state index is 12.9. The number of hydrogen-bond donors (Lipinski definition) is 2. The van der Waals surface area contributed by atoms with Crippen LogP contribution in [0.2, 0.25) is 5.28 Å². The van der Waals surface area contributed by atoms with Crippen molar-refractivity contribution in [1.82, 2.24) is 14.5 Å². The Bertz CT molecular complexity index is 1320. The highest BCUT2D eigenvalue weighted by molar-refractivity contribution is 6.28. The summed E-state index contributed by atoms with van der Waals surface area (Å²) in [6.45, 7) is 7.41. The van der Waals surface area contributed by atoms with Crippen molar-refractivity contribution >= 4 is 46.4 Å². The van der Waals surface area contributed by atoms with Gasteiger partial charge >= 0.3 is 0 Å². The smallest absolute Gasteiger partial charge is 0.263 e. The van der Waals surface area contributed by atoms with E-state index in [0.29, 0.717) is 11.5 Å². The second kappa shape index (κ2) is 10.1. The Hall–Kier alpha value is -3.71. The fraction of sp³-hybridized carbons (Fsp3) is 0.167. The monoisotopic (exact) mass is 448 g/mol. The zero-order valence-electron chi connectivity index (χ0n) is 18.3. The number of fused-ring (bicyclic) bond motifs is 1. The van der Waals surface area contributed by atoms with Crippen LogP contribution in [0.25, 0.3) is 16.5 Å². The summed E-state index contributed by atoms with van der Waals surface area (Å²) in [4.78, 5) is 24.1. The third-order valence-corrected chi connectivity index (χ3v) is 5.16. The number of para-hydroxylation sites is 1. The summed E-state index contributed by atoms with van der Waals surface area (Å²) in [6, 6.07) is 18.0. The van der Waals surface area contributed by atoms with E-state index in [9.17, 15) is 4.79 Å². The minimum absolute atomic E-state index is 0.0728. The standard InChI is InChI=1S/C18H17NO.C6H8ClN5/c1-3-15-12-14-9-7-8-13(2)17(14)18(20)19(15)16-10-5-4-6-11-16;1-9-3-4(8)11-6(7)12-5(3)10-2/h4-12H,3H2,1-2H3;1H2,2H3,(H3,8,10,11,12). The molecule has 7 nitrogen and oxygen atoms in total. The van der Waals surface area contributed by atoms with Gasteiger partial charge in [-0.1, -0.05) is 43.3 Å². The summed E-state index contributed by atoms with van der Waals surface area (Å²) in [5, 5.41) is 4.71. The van der Waals surface area contributed by atoms with E-state index in [2.05, 4.69) is 40.0 Å². The molecule has 3 N–H and O–H groups in total. The third-order valence-electron chi connectivity index (χ3n) is 4.99. The number of benzene rings is 2. The number of aromatic nitrogens is 3. The molecule has 0 aliphatic carbocycles. The predicted molar refractivity (Wildman–Crippen MR) is 134 cm³/mol. The minimum Gasteiger partial charge on any atom is -0.382 e. The number of nitrogens with one attached hydrogen (secondary N) is 1. The largest absolute Gasteiger partial charge is 0.382 e. The van der Waals surface area contributed by atoms with Crippen molar-refractivity contribution in [3.8, 4) is 5.69 Å². The lowest BCUT2D eigenvalue weighted by Gasteiger charge is -2.14. The molecule has 2 aromatic carbocycles. The number of aliphatic imine (C=N–C) groups is 1. The van der Waals surface area contributed by atoms with Gasteiger partial charge in [0.25, 0.3) is 5.56 Å². The van der Waals surface area contributed by atoms with Crippen molar-refractivity contribution in [2.45, 2.75) is 20.3 Å². The molecule has 164 valence electrons. The molecule has 0 saturated heterocycles. The second-order valence-electron chi connectivity index (χ2n) is 6.99. The van der Waals surface area contributed by atoms with Crippen LogP contribution < -0.4 is 16.6 Å². The van der Waals surface area contributed by atoms with Crippen molar-refractivity contribution in [3.63, 3.8) is 0 Å². The number of halogens is 1. The van der Waals surface area contributed by atoms with Crippen LogP contribution in [0.15, 0.2) is 64.4 Å². The first-order valence-corrected chi connectivity index (χ1v) is 10.5. The molecular formula is C24H25ClN6O. The highest BCUT2D eigenvalue weighted by atomic mass is 35.5. The molecule has 2 heterocycles. The summed E-state index contributed by atoms with van der Waals surface area (Å²) in [6.07, 6.45) is 0.827. The molecule has 0 unspecified atom stereocenters. The van der Waals surface area contributed by atoms with Crippen LogP contribution in [0.5, 0.6) is 0 Å². The molecular weight excluding hydrogens is 424 g/mol. The summed E-state index contributed by atoms with van der Waals surface area (Å²) in [7, 11) is 1.69. The lowest BCUT2D eigenvalue weighted by atomic mass is 10.1. The molecule has 0 aliphatic heterocycles. The van der Waals surface area contributed by atoms with Crippen molar-refractivity contribution in [2.24, 2.45) is 4.99 Å². The van der Waals surface area contributed by atoms with E-state index in [4.69, 9.17) is 17.3 Å². The third kappa shape index (κ3) is 4.63. The van der Waals surface area contributed by atoms with Gasteiger partial charge in [-0.05, 0) is 60.8 Å².